The van der Waals surface area contributed by atoms with Crippen LogP contribution in [0.3, 0.4) is 0 Å². The fourth-order valence-corrected chi connectivity index (χ4v) is 2.59. The van der Waals surface area contributed by atoms with Crippen molar-refractivity contribution < 1.29 is 4.84 Å². The van der Waals surface area contributed by atoms with Gasteiger partial charge in [0.25, 0.3) is 0 Å². The fourth-order valence-electron chi connectivity index (χ4n) is 2.59. The molecule has 2 fully saturated rings. The van der Waals surface area contributed by atoms with Gasteiger partial charge in [-0.1, -0.05) is 19.3 Å². The molecule has 0 aromatic heterocycles. The van der Waals surface area contributed by atoms with Crippen LogP contribution in [0, 0.1) is 0 Å². The molecule has 0 bridgehead atoms. The van der Waals surface area contributed by atoms with Gasteiger partial charge >= 0.3 is 0 Å². The van der Waals surface area contributed by atoms with E-state index in [1.807, 2.05) is 5.06 Å². The van der Waals surface area contributed by atoms with Crippen molar-refractivity contribution in [3.63, 3.8) is 0 Å². The third-order valence-electron chi connectivity index (χ3n) is 3.39. The van der Waals surface area contributed by atoms with Gasteiger partial charge in [-0.2, -0.15) is 5.06 Å². The summed E-state index contributed by atoms with van der Waals surface area (Å²) in [6.07, 6.45) is 7.93. The molecule has 70 valence electrons. The topological polar surface area (TPSA) is 12.5 Å². The van der Waals surface area contributed by atoms with Crippen LogP contribution in [0.15, 0.2) is 0 Å². The van der Waals surface area contributed by atoms with Crippen LogP contribution in [-0.2, 0) is 4.84 Å². The van der Waals surface area contributed by atoms with Crippen LogP contribution in [0.5, 0.6) is 0 Å². The quantitative estimate of drug-likeness (QED) is 0.552. The summed E-state index contributed by atoms with van der Waals surface area (Å²) in [4.78, 5) is 5.94. The summed E-state index contributed by atoms with van der Waals surface area (Å²) in [5.41, 5.74) is 0.242. The third-order valence-corrected chi connectivity index (χ3v) is 3.39. The summed E-state index contributed by atoms with van der Waals surface area (Å²) in [5.74, 6) is 0. The van der Waals surface area contributed by atoms with Crippen LogP contribution in [-0.4, -0.2) is 23.8 Å². The van der Waals surface area contributed by atoms with E-state index < -0.39 is 0 Å². The Kier molecular flexibility index (Phi) is 2.13. The molecule has 1 spiro atoms. The predicted molar refractivity (Wildman–Crippen MR) is 48.7 cm³/mol. The highest BCUT2D eigenvalue weighted by Gasteiger charge is 2.42. The second kappa shape index (κ2) is 3.00. The van der Waals surface area contributed by atoms with E-state index in [0.29, 0.717) is 6.04 Å². The minimum absolute atomic E-state index is 0.242. The van der Waals surface area contributed by atoms with E-state index in [1.165, 1.54) is 38.5 Å². The maximum atomic E-state index is 5.94. The van der Waals surface area contributed by atoms with Gasteiger partial charge in [0.1, 0.15) is 0 Å². The number of rotatable bonds is 0. The zero-order chi connectivity index (χ0) is 8.60. The molecule has 1 aliphatic carbocycles. The SMILES string of the molecule is CC1CC2(CCCCC2)ON1C. The molecular weight excluding hydrogens is 150 g/mol. The third kappa shape index (κ3) is 1.38. The van der Waals surface area contributed by atoms with Gasteiger partial charge in [0, 0.05) is 13.1 Å². The van der Waals surface area contributed by atoms with E-state index in [1.54, 1.807) is 0 Å². The van der Waals surface area contributed by atoms with Gasteiger partial charge in [0.15, 0.2) is 0 Å². The molecule has 1 unspecified atom stereocenters. The Labute approximate surface area is 74.8 Å². The Bertz CT molecular complexity index is 151. The van der Waals surface area contributed by atoms with Gasteiger partial charge in [-0.3, -0.25) is 4.84 Å². The van der Waals surface area contributed by atoms with Crippen LogP contribution in [0.1, 0.15) is 45.4 Å². The highest BCUT2D eigenvalue weighted by Crippen LogP contribution is 2.41. The van der Waals surface area contributed by atoms with E-state index in [4.69, 9.17) is 4.84 Å². The van der Waals surface area contributed by atoms with Crippen molar-refractivity contribution in [2.75, 3.05) is 7.05 Å². The molecule has 12 heavy (non-hydrogen) atoms. The van der Waals surface area contributed by atoms with Crippen LogP contribution >= 0.6 is 0 Å². The first-order chi connectivity index (χ1) is 5.72. The highest BCUT2D eigenvalue weighted by atomic mass is 16.7. The molecule has 1 atom stereocenters. The van der Waals surface area contributed by atoms with Gasteiger partial charge in [0.05, 0.1) is 5.60 Å². The Morgan fingerprint density at radius 1 is 1.25 bits per heavy atom. The molecule has 1 saturated heterocycles. The summed E-state index contributed by atoms with van der Waals surface area (Å²) in [6, 6.07) is 0.614. The maximum absolute atomic E-state index is 5.94. The molecule has 1 aliphatic heterocycles. The average Bonchev–Trinajstić information content (AvgIpc) is 2.29. The van der Waals surface area contributed by atoms with E-state index in [0.717, 1.165) is 0 Å². The summed E-state index contributed by atoms with van der Waals surface area (Å²) < 4.78 is 0. The maximum Gasteiger partial charge on any atom is 0.0915 e. The van der Waals surface area contributed by atoms with Crippen LogP contribution < -0.4 is 0 Å². The van der Waals surface area contributed by atoms with Crippen molar-refractivity contribution in [2.24, 2.45) is 0 Å². The van der Waals surface area contributed by atoms with Crippen LogP contribution in [0.2, 0.25) is 0 Å². The highest BCUT2D eigenvalue weighted by molar-refractivity contribution is 4.90. The zero-order valence-electron chi connectivity index (χ0n) is 8.18. The van der Waals surface area contributed by atoms with Gasteiger partial charge in [-0.15, -0.1) is 0 Å². The lowest BCUT2D eigenvalue weighted by molar-refractivity contribution is -0.197. The molecule has 0 aromatic carbocycles. The van der Waals surface area contributed by atoms with Gasteiger partial charge in [-0.05, 0) is 26.2 Å². The number of hydroxylamine groups is 2. The minimum atomic E-state index is 0.242. The first-order valence-corrected chi connectivity index (χ1v) is 5.14. The largest absolute Gasteiger partial charge is 0.292 e. The lowest BCUT2D eigenvalue weighted by atomic mass is 9.81. The fraction of sp³-hybridized carbons (Fsp3) is 1.00. The van der Waals surface area contributed by atoms with Crippen molar-refractivity contribution in [1.29, 1.82) is 0 Å². The molecule has 2 nitrogen and oxygen atoms in total. The molecule has 0 amide bonds. The van der Waals surface area contributed by atoms with Crippen molar-refractivity contribution in [3.05, 3.63) is 0 Å². The van der Waals surface area contributed by atoms with E-state index in [9.17, 15) is 0 Å². The summed E-state index contributed by atoms with van der Waals surface area (Å²) in [5, 5.41) is 2.05. The van der Waals surface area contributed by atoms with Crippen LogP contribution in [0.4, 0.5) is 0 Å². The van der Waals surface area contributed by atoms with E-state index in [2.05, 4.69) is 14.0 Å². The van der Waals surface area contributed by atoms with E-state index in [-0.39, 0.29) is 5.60 Å². The summed E-state index contributed by atoms with van der Waals surface area (Å²) in [6.45, 7) is 2.25. The molecule has 2 rings (SSSR count). The zero-order valence-corrected chi connectivity index (χ0v) is 8.18. The van der Waals surface area contributed by atoms with Gasteiger partial charge in [0.2, 0.25) is 0 Å². The Morgan fingerprint density at radius 3 is 2.42 bits per heavy atom. The normalized spacial score (nSPS) is 36.0. The lowest BCUT2D eigenvalue weighted by Crippen LogP contribution is -2.32. The second-order valence-electron chi connectivity index (χ2n) is 4.43. The Balaban J connectivity index is 2.02. The number of nitrogens with zero attached hydrogens (tertiary/aromatic N) is 1. The molecule has 2 aliphatic rings. The van der Waals surface area contributed by atoms with Crippen molar-refractivity contribution >= 4 is 0 Å². The lowest BCUT2D eigenvalue weighted by Gasteiger charge is -2.31. The Hall–Kier alpha value is -0.0800. The summed E-state index contributed by atoms with van der Waals surface area (Å²) >= 11 is 0. The van der Waals surface area contributed by atoms with Gasteiger partial charge < -0.3 is 0 Å². The van der Waals surface area contributed by atoms with Crippen molar-refractivity contribution in [1.82, 2.24) is 5.06 Å². The summed E-state index contributed by atoms with van der Waals surface area (Å²) in [7, 11) is 2.06. The molecule has 2 heteroatoms. The van der Waals surface area contributed by atoms with Crippen molar-refractivity contribution in [2.45, 2.75) is 57.1 Å². The molecule has 0 radical (unpaired) electrons. The Morgan fingerprint density at radius 2 is 1.92 bits per heavy atom. The van der Waals surface area contributed by atoms with Crippen molar-refractivity contribution in [3.8, 4) is 0 Å². The molecule has 1 heterocycles. The van der Waals surface area contributed by atoms with Gasteiger partial charge in [-0.25, -0.2) is 0 Å². The molecule has 0 N–H and O–H groups in total. The second-order valence-corrected chi connectivity index (χ2v) is 4.43. The minimum Gasteiger partial charge on any atom is -0.292 e. The standard InChI is InChI=1S/C10H19NO/c1-9-8-10(12-11(9)2)6-4-3-5-7-10/h9H,3-8H2,1-2H3. The first kappa shape index (κ1) is 8.52. The molecule has 0 aromatic rings. The number of hydrogen-bond acceptors (Lipinski definition) is 2. The number of hydrogen-bond donors (Lipinski definition) is 0. The van der Waals surface area contributed by atoms with Crippen LogP contribution in [0.25, 0.3) is 0 Å². The molecular formula is C10H19NO. The predicted octanol–water partition coefficient (Wildman–Crippen LogP) is 2.34. The van der Waals surface area contributed by atoms with E-state index >= 15 is 0 Å². The first-order valence-electron chi connectivity index (χ1n) is 5.14. The molecule has 1 saturated carbocycles. The average molecular weight is 169 g/mol. The smallest absolute Gasteiger partial charge is 0.0915 e. The monoisotopic (exact) mass is 169 g/mol.